The third-order valence-electron chi connectivity index (χ3n) is 5.53. The van der Waals surface area contributed by atoms with E-state index < -0.39 is 18.1 Å². The van der Waals surface area contributed by atoms with E-state index in [-0.39, 0.29) is 19.1 Å². The smallest absolute Gasteiger partial charge is 0.409 e. The summed E-state index contributed by atoms with van der Waals surface area (Å²) in [6.45, 7) is 1.37. The predicted molar refractivity (Wildman–Crippen MR) is 101 cm³/mol. The molecule has 0 radical (unpaired) electrons. The maximum absolute atomic E-state index is 12.5. The molecule has 0 bridgehead atoms. The van der Waals surface area contributed by atoms with Crippen molar-refractivity contribution >= 4 is 12.1 Å². The van der Waals surface area contributed by atoms with Crippen LogP contribution < -0.4 is 0 Å². The van der Waals surface area contributed by atoms with Gasteiger partial charge in [0.05, 0.1) is 6.54 Å². The first-order valence-electron chi connectivity index (χ1n) is 9.09. The monoisotopic (exact) mass is 366 g/mol. The number of nitrogens with zero attached hydrogens (tertiary/aromatic N) is 2. The first-order chi connectivity index (χ1) is 13.1. The van der Waals surface area contributed by atoms with Gasteiger partial charge in [-0.15, -0.1) is 0 Å². The van der Waals surface area contributed by atoms with E-state index in [1.54, 1.807) is 11.9 Å². The molecule has 0 aromatic heterocycles. The van der Waals surface area contributed by atoms with Crippen LogP contribution in [0.5, 0.6) is 0 Å². The molecular formula is C21H22N2O4. The number of hydrogen-bond donors (Lipinski definition) is 1. The second-order valence-corrected chi connectivity index (χ2v) is 7.08. The highest BCUT2D eigenvalue weighted by atomic mass is 16.6. The lowest BCUT2D eigenvalue weighted by Gasteiger charge is -2.36. The molecule has 1 aliphatic carbocycles. The summed E-state index contributed by atoms with van der Waals surface area (Å²) in [6.07, 6.45) is -0.448. The van der Waals surface area contributed by atoms with Crippen LogP contribution in [0.15, 0.2) is 48.5 Å². The lowest BCUT2D eigenvalue weighted by molar-refractivity contribution is -0.144. The Morgan fingerprint density at radius 1 is 1.04 bits per heavy atom. The van der Waals surface area contributed by atoms with Gasteiger partial charge in [-0.25, -0.2) is 4.79 Å². The fourth-order valence-electron chi connectivity index (χ4n) is 3.99. The third kappa shape index (κ3) is 3.17. The number of carboxylic acid groups (broad SMARTS) is 1. The van der Waals surface area contributed by atoms with Gasteiger partial charge in [0.15, 0.2) is 0 Å². The summed E-state index contributed by atoms with van der Waals surface area (Å²) in [4.78, 5) is 27.1. The van der Waals surface area contributed by atoms with Crippen molar-refractivity contribution in [3.63, 3.8) is 0 Å². The Morgan fingerprint density at radius 3 is 2.22 bits per heavy atom. The summed E-state index contributed by atoms with van der Waals surface area (Å²) in [5.74, 6) is -0.919. The lowest BCUT2D eigenvalue weighted by atomic mass is 9.98. The van der Waals surface area contributed by atoms with E-state index >= 15 is 0 Å². The number of hydrogen-bond acceptors (Lipinski definition) is 4. The topological polar surface area (TPSA) is 70.1 Å². The van der Waals surface area contributed by atoms with E-state index in [0.29, 0.717) is 13.1 Å². The number of rotatable bonds is 3. The summed E-state index contributed by atoms with van der Waals surface area (Å²) in [6, 6.07) is 15.7. The Balaban J connectivity index is 1.47. The minimum absolute atomic E-state index is 0.00378. The first-order valence-corrected chi connectivity index (χ1v) is 9.09. The maximum Gasteiger partial charge on any atom is 0.409 e. The molecule has 1 aliphatic heterocycles. The van der Waals surface area contributed by atoms with Gasteiger partial charge >= 0.3 is 12.1 Å². The average molecular weight is 366 g/mol. The molecule has 2 aromatic carbocycles. The van der Waals surface area contributed by atoms with Gasteiger partial charge in [-0.3, -0.25) is 9.69 Å². The van der Waals surface area contributed by atoms with Crippen LogP contribution in [0.25, 0.3) is 11.1 Å². The quantitative estimate of drug-likeness (QED) is 0.904. The van der Waals surface area contributed by atoms with Crippen LogP contribution in [0.3, 0.4) is 0 Å². The minimum atomic E-state index is -0.923. The van der Waals surface area contributed by atoms with Crippen molar-refractivity contribution in [3.8, 4) is 11.1 Å². The number of fused-ring (bicyclic) bond motifs is 3. The molecule has 1 atom stereocenters. The van der Waals surface area contributed by atoms with Crippen molar-refractivity contribution in [1.29, 1.82) is 0 Å². The zero-order valence-corrected chi connectivity index (χ0v) is 15.2. The standard InChI is InChI=1S/C21H22N2O4/c1-22-10-11-23(12-19(22)20(24)25)21(26)27-13-18-16-8-4-2-6-14(16)15-7-3-5-9-17(15)18/h2-9,18-19H,10-13H2,1H3,(H,24,25)/t19-/m1/s1. The van der Waals surface area contributed by atoms with Crippen molar-refractivity contribution in [3.05, 3.63) is 59.7 Å². The van der Waals surface area contributed by atoms with Crippen molar-refractivity contribution < 1.29 is 19.4 Å². The fourth-order valence-corrected chi connectivity index (χ4v) is 3.99. The van der Waals surface area contributed by atoms with Crippen molar-refractivity contribution in [2.75, 3.05) is 33.3 Å². The molecule has 0 saturated carbocycles. The molecule has 0 spiro atoms. The van der Waals surface area contributed by atoms with Crippen LogP contribution in [0.2, 0.25) is 0 Å². The van der Waals surface area contributed by atoms with E-state index in [0.717, 1.165) is 11.1 Å². The van der Waals surface area contributed by atoms with E-state index in [9.17, 15) is 14.7 Å². The minimum Gasteiger partial charge on any atom is -0.480 e. The number of piperazine rings is 1. The molecule has 6 nitrogen and oxygen atoms in total. The van der Waals surface area contributed by atoms with Crippen molar-refractivity contribution in [2.24, 2.45) is 0 Å². The molecule has 1 N–H and O–H groups in total. The van der Waals surface area contributed by atoms with Crippen LogP contribution in [-0.4, -0.2) is 66.3 Å². The number of amides is 1. The van der Waals surface area contributed by atoms with E-state index in [2.05, 4.69) is 24.3 Å². The van der Waals surface area contributed by atoms with Crippen LogP contribution in [0.1, 0.15) is 17.0 Å². The van der Waals surface area contributed by atoms with E-state index in [4.69, 9.17) is 4.74 Å². The van der Waals surface area contributed by atoms with Gasteiger partial charge in [-0.2, -0.15) is 0 Å². The zero-order chi connectivity index (χ0) is 19.0. The molecule has 0 unspecified atom stereocenters. The summed E-state index contributed by atoms with van der Waals surface area (Å²) in [5.41, 5.74) is 4.68. The molecule has 27 heavy (non-hydrogen) atoms. The molecule has 6 heteroatoms. The van der Waals surface area contributed by atoms with E-state index in [1.807, 2.05) is 24.3 Å². The Bertz CT molecular complexity index is 836. The fraction of sp³-hybridized carbons (Fsp3) is 0.333. The van der Waals surface area contributed by atoms with Crippen LogP contribution in [-0.2, 0) is 9.53 Å². The molecule has 1 saturated heterocycles. The largest absolute Gasteiger partial charge is 0.480 e. The normalized spacial score (nSPS) is 19.4. The van der Waals surface area contributed by atoms with Crippen LogP contribution in [0, 0.1) is 0 Å². The Kier molecular flexibility index (Phi) is 4.58. The molecular weight excluding hydrogens is 344 g/mol. The number of benzene rings is 2. The van der Waals surface area contributed by atoms with Gasteiger partial charge < -0.3 is 14.7 Å². The van der Waals surface area contributed by atoms with Gasteiger partial charge in [0.2, 0.25) is 0 Å². The third-order valence-corrected chi connectivity index (χ3v) is 5.53. The van der Waals surface area contributed by atoms with Crippen molar-refractivity contribution in [2.45, 2.75) is 12.0 Å². The number of ether oxygens (including phenoxy) is 1. The van der Waals surface area contributed by atoms with Crippen LogP contribution >= 0.6 is 0 Å². The van der Waals surface area contributed by atoms with Crippen molar-refractivity contribution in [1.82, 2.24) is 9.80 Å². The first kappa shape index (κ1) is 17.5. The molecule has 140 valence electrons. The maximum atomic E-state index is 12.5. The van der Waals surface area contributed by atoms with Gasteiger partial charge in [-0.1, -0.05) is 48.5 Å². The molecule has 1 amide bonds. The average Bonchev–Trinajstić information content (AvgIpc) is 3.00. The SMILES string of the molecule is CN1CCN(C(=O)OCC2c3ccccc3-c3ccccc32)C[C@@H]1C(=O)O. The Hall–Kier alpha value is -2.86. The molecule has 1 fully saturated rings. The molecule has 2 aromatic rings. The number of carboxylic acids is 1. The number of carbonyl (C=O) groups excluding carboxylic acids is 1. The number of aliphatic carboxylic acids is 1. The summed E-state index contributed by atoms with van der Waals surface area (Å²) in [7, 11) is 1.76. The Labute approximate surface area is 158 Å². The molecule has 4 rings (SSSR count). The predicted octanol–water partition coefficient (Wildman–Crippen LogP) is 2.64. The number of carbonyl (C=O) groups is 2. The summed E-state index contributed by atoms with van der Waals surface area (Å²) in [5, 5.41) is 9.31. The molecule has 1 heterocycles. The molecule has 2 aliphatic rings. The van der Waals surface area contributed by atoms with Gasteiger partial charge in [0.25, 0.3) is 0 Å². The summed E-state index contributed by atoms with van der Waals surface area (Å²) < 4.78 is 5.62. The van der Waals surface area contributed by atoms with Gasteiger partial charge in [0, 0.05) is 19.0 Å². The van der Waals surface area contributed by atoms with Gasteiger partial charge in [0.1, 0.15) is 12.6 Å². The second-order valence-electron chi connectivity index (χ2n) is 7.08. The Morgan fingerprint density at radius 2 is 1.63 bits per heavy atom. The second kappa shape index (κ2) is 7.04. The highest BCUT2D eigenvalue weighted by Crippen LogP contribution is 2.44. The van der Waals surface area contributed by atoms with E-state index in [1.165, 1.54) is 16.0 Å². The lowest BCUT2D eigenvalue weighted by Crippen LogP contribution is -2.56. The highest BCUT2D eigenvalue weighted by Gasteiger charge is 2.34. The zero-order valence-electron chi connectivity index (χ0n) is 15.2. The highest BCUT2D eigenvalue weighted by molar-refractivity contribution is 5.79. The van der Waals surface area contributed by atoms with Gasteiger partial charge in [-0.05, 0) is 29.3 Å². The summed E-state index contributed by atoms with van der Waals surface area (Å²) >= 11 is 0. The number of likely N-dealkylation sites (N-methyl/N-ethyl adjacent to an activating group) is 1. The van der Waals surface area contributed by atoms with Crippen LogP contribution in [0.4, 0.5) is 4.79 Å².